The van der Waals surface area contributed by atoms with Crippen molar-refractivity contribution in [3.63, 3.8) is 0 Å². The van der Waals surface area contributed by atoms with Crippen molar-refractivity contribution < 1.29 is 13.5 Å². The first-order valence-corrected chi connectivity index (χ1v) is 8.36. The highest BCUT2D eigenvalue weighted by Gasteiger charge is 2.05. The van der Waals surface area contributed by atoms with Crippen molar-refractivity contribution in [3.8, 4) is 5.75 Å². The fourth-order valence-corrected chi connectivity index (χ4v) is 2.66. The second kappa shape index (κ2) is 7.85. The van der Waals surface area contributed by atoms with Crippen LogP contribution in [0.5, 0.6) is 5.75 Å². The molecular formula is C18H15F2N3OS. The molecule has 0 radical (unpaired) electrons. The third-order valence-corrected chi connectivity index (χ3v) is 4.12. The maximum Gasteiger partial charge on any atom is 0.203 e. The number of aryl methyl sites for hydroxylation is 1. The zero-order valence-electron chi connectivity index (χ0n) is 13.4. The van der Waals surface area contributed by atoms with Crippen LogP contribution in [0.4, 0.5) is 13.9 Å². The largest absolute Gasteiger partial charge is 0.486 e. The summed E-state index contributed by atoms with van der Waals surface area (Å²) in [6, 6.07) is 10.4. The Kier molecular flexibility index (Phi) is 5.35. The van der Waals surface area contributed by atoms with Gasteiger partial charge in [0, 0.05) is 5.38 Å². The molecule has 0 saturated heterocycles. The van der Waals surface area contributed by atoms with Crippen LogP contribution in [-0.2, 0) is 6.61 Å². The first-order valence-electron chi connectivity index (χ1n) is 7.48. The van der Waals surface area contributed by atoms with Gasteiger partial charge in [0.25, 0.3) is 0 Å². The van der Waals surface area contributed by atoms with Crippen LogP contribution in [0.3, 0.4) is 0 Å². The number of hydrogen-bond donors (Lipinski definition) is 1. The third-order valence-electron chi connectivity index (χ3n) is 3.26. The highest BCUT2D eigenvalue weighted by molar-refractivity contribution is 7.13. The minimum Gasteiger partial charge on any atom is -0.486 e. The lowest BCUT2D eigenvalue weighted by atomic mass is 10.2. The van der Waals surface area contributed by atoms with Gasteiger partial charge in [-0.15, -0.1) is 11.3 Å². The molecule has 0 unspecified atom stereocenters. The van der Waals surface area contributed by atoms with E-state index in [2.05, 4.69) is 15.5 Å². The number of hydrazone groups is 1. The molecule has 7 heteroatoms. The summed E-state index contributed by atoms with van der Waals surface area (Å²) in [7, 11) is 0. The molecule has 1 N–H and O–H groups in total. The van der Waals surface area contributed by atoms with Crippen LogP contribution in [0.15, 0.2) is 52.9 Å². The summed E-state index contributed by atoms with van der Waals surface area (Å²) in [6.45, 7) is 2.06. The van der Waals surface area contributed by atoms with E-state index in [1.807, 2.05) is 12.3 Å². The van der Waals surface area contributed by atoms with E-state index in [1.54, 1.807) is 18.2 Å². The zero-order valence-corrected chi connectivity index (χ0v) is 14.2. The average molecular weight is 359 g/mol. The monoisotopic (exact) mass is 359 g/mol. The summed E-state index contributed by atoms with van der Waals surface area (Å²) < 4.78 is 32.4. The smallest absolute Gasteiger partial charge is 0.203 e. The number of ether oxygens (including phenoxy) is 1. The molecule has 4 nitrogen and oxygen atoms in total. The molecule has 3 rings (SSSR count). The molecule has 0 aliphatic rings. The standard InChI is InChI=1S/C18H15F2N3OS/c1-12-11-25-18(22-12)23-21-9-14-4-7-17(16(20)8-14)24-10-13-2-5-15(19)6-3-13/h2-9,11H,10H2,1H3,(H,22,23). The lowest BCUT2D eigenvalue weighted by molar-refractivity contribution is 0.290. The van der Waals surface area contributed by atoms with E-state index in [4.69, 9.17) is 4.74 Å². The Morgan fingerprint density at radius 2 is 2.00 bits per heavy atom. The third kappa shape index (κ3) is 4.84. The topological polar surface area (TPSA) is 46.5 Å². The highest BCUT2D eigenvalue weighted by Crippen LogP contribution is 2.19. The second-order valence-electron chi connectivity index (χ2n) is 5.27. The van der Waals surface area contributed by atoms with Crippen molar-refractivity contribution >= 4 is 22.7 Å². The average Bonchev–Trinajstić information content (AvgIpc) is 3.01. The van der Waals surface area contributed by atoms with Crippen LogP contribution in [0, 0.1) is 18.6 Å². The summed E-state index contributed by atoms with van der Waals surface area (Å²) in [5.74, 6) is -0.679. The normalized spacial score (nSPS) is 11.0. The van der Waals surface area contributed by atoms with Gasteiger partial charge < -0.3 is 4.74 Å². The maximum atomic E-state index is 14.1. The van der Waals surface area contributed by atoms with Crippen molar-refractivity contribution in [1.82, 2.24) is 4.98 Å². The number of aromatic nitrogens is 1. The molecule has 0 atom stereocenters. The molecule has 1 heterocycles. The Bertz CT molecular complexity index is 878. The van der Waals surface area contributed by atoms with E-state index in [-0.39, 0.29) is 18.2 Å². The maximum absolute atomic E-state index is 14.1. The van der Waals surface area contributed by atoms with Crippen molar-refractivity contribution in [2.24, 2.45) is 5.10 Å². The summed E-state index contributed by atoms with van der Waals surface area (Å²) in [5.41, 5.74) is 5.05. The molecule has 2 aromatic carbocycles. The van der Waals surface area contributed by atoms with Crippen LogP contribution in [0.25, 0.3) is 0 Å². The summed E-state index contributed by atoms with van der Waals surface area (Å²) in [6.07, 6.45) is 1.50. The molecule has 25 heavy (non-hydrogen) atoms. The van der Waals surface area contributed by atoms with Gasteiger partial charge in [-0.25, -0.2) is 13.8 Å². The number of halogens is 2. The fraction of sp³-hybridized carbons (Fsp3) is 0.111. The Labute approximate surface area is 147 Å². The van der Waals surface area contributed by atoms with Crippen LogP contribution >= 0.6 is 11.3 Å². The van der Waals surface area contributed by atoms with E-state index in [0.717, 1.165) is 11.3 Å². The van der Waals surface area contributed by atoms with Crippen LogP contribution in [-0.4, -0.2) is 11.2 Å². The number of hydrogen-bond acceptors (Lipinski definition) is 5. The van der Waals surface area contributed by atoms with Gasteiger partial charge in [0.05, 0.1) is 11.9 Å². The second-order valence-corrected chi connectivity index (χ2v) is 6.13. The Morgan fingerprint density at radius 3 is 2.68 bits per heavy atom. The van der Waals surface area contributed by atoms with Crippen molar-refractivity contribution in [1.29, 1.82) is 0 Å². The van der Waals surface area contributed by atoms with Crippen LogP contribution in [0.1, 0.15) is 16.8 Å². The number of benzene rings is 2. The predicted octanol–water partition coefficient (Wildman–Crippen LogP) is 4.75. The zero-order chi connectivity index (χ0) is 17.6. The minimum atomic E-state index is -0.490. The molecule has 0 bridgehead atoms. The van der Waals surface area contributed by atoms with Crippen LogP contribution < -0.4 is 10.2 Å². The van der Waals surface area contributed by atoms with E-state index in [9.17, 15) is 8.78 Å². The van der Waals surface area contributed by atoms with Gasteiger partial charge >= 0.3 is 0 Å². The van der Waals surface area contributed by atoms with Crippen LogP contribution in [0.2, 0.25) is 0 Å². The van der Waals surface area contributed by atoms with Crippen molar-refractivity contribution in [2.75, 3.05) is 5.43 Å². The fourth-order valence-electron chi connectivity index (χ4n) is 2.02. The lowest BCUT2D eigenvalue weighted by Crippen LogP contribution is -1.98. The summed E-state index contributed by atoms with van der Waals surface area (Å²) in [5, 5.41) is 6.61. The molecule has 0 fully saturated rings. The molecule has 1 aromatic heterocycles. The molecule has 3 aromatic rings. The van der Waals surface area contributed by atoms with Gasteiger partial charge in [-0.1, -0.05) is 12.1 Å². The minimum absolute atomic E-state index is 0.130. The SMILES string of the molecule is Cc1csc(NN=Cc2ccc(OCc3ccc(F)cc3)c(F)c2)n1. The molecular weight excluding hydrogens is 344 g/mol. The Balaban J connectivity index is 1.59. The highest BCUT2D eigenvalue weighted by atomic mass is 32.1. The molecule has 0 aliphatic heterocycles. The predicted molar refractivity (Wildman–Crippen MR) is 95.2 cm³/mol. The number of anilines is 1. The number of rotatable bonds is 6. The van der Waals surface area contributed by atoms with Gasteiger partial charge in [-0.2, -0.15) is 5.10 Å². The van der Waals surface area contributed by atoms with Crippen molar-refractivity contribution in [2.45, 2.75) is 13.5 Å². The molecule has 128 valence electrons. The van der Waals surface area contributed by atoms with Gasteiger partial charge in [-0.05, 0) is 48.4 Å². The Hall–Kier alpha value is -2.80. The molecule has 0 saturated carbocycles. The molecule has 0 aliphatic carbocycles. The molecule has 0 amide bonds. The van der Waals surface area contributed by atoms with Gasteiger partial charge in [0.2, 0.25) is 5.13 Å². The van der Waals surface area contributed by atoms with E-state index >= 15 is 0 Å². The van der Waals surface area contributed by atoms with Gasteiger partial charge in [0.1, 0.15) is 12.4 Å². The molecule has 0 spiro atoms. The number of nitrogens with one attached hydrogen (secondary N) is 1. The first-order chi connectivity index (χ1) is 12.1. The summed E-state index contributed by atoms with van der Waals surface area (Å²) >= 11 is 1.44. The summed E-state index contributed by atoms with van der Waals surface area (Å²) in [4.78, 5) is 4.21. The van der Waals surface area contributed by atoms with Gasteiger partial charge in [-0.3, -0.25) is 5.43 Å². The van der Waals surface area contributed by atoms with Gasteiger partial charge in [0.15, 0.2) is 11.6 Å². The van der Waals surface area contributed by atoms with E-state index < -0.39 is 5.82 Å². The number of thiazole rings is 1. The Morgan fingerprint density at radius 1 is 1.20 bits per heavy atom. The first kappa shape index (κ1) is 17.0. The number of nitrogens with zero attached hydrogens (tertiary/aromatic N) is 2. The quantitative estimate of drug-likeness (QED) is 0.510. The van der Waals surface area contributed by atoms with E-state index in [0.29, 0.717) is 10.7 Å². The van der Waals surface area contributed by atoms with Crippen molar-refractivity contribution in [3.05, 3.63) is 76.3 Å². The lowest BCUT2D eigenvalue weighted by Gasteiger charge is -2.08. The van der Waals surface area contributed by atoms with E-state index in [1.165, 1.54) is 41.8 Å².